The van der Waals surface area contributed by atoms with Crippen molar-refractivity contribution >= 4 is 11.8 Å². The van der Waals surface area contributed by atoms with E-state index in [0.29, 0.717) is 31.0 Å². The molecule has 1 aromatic rings. The number of likely N-dealkylation sites (N-methyl/N-ethyl adjacent to an activating group) is 1. The topological polar surface area (TPSA) is 87.5 Å². The minimum atomic E-state index is -0.173. The second-order valence-electron chi connectivity index (χ2n) is 5.46. The molecule has 0 atom stereocenters. The zero-order valence-corrected chi connectivity index (χ0v) is 13.2. The Labute approximate surface area is 130 Å². The SMILES string of the molecule is CCNC(=O)CN1CCC(NC(=O)c2ncoc2CC)CC1. The summed E-state index contributed by atoms with van der Waals surface area (Å²) in [4.78, 5) is 29.8. The van der Waals surface area contributed by atoms with E-state index in [2.05, 4.69) is 20.5 Å². The van der Waals surface area contributed by atoms with Gasteiger partial charge in [-0.25, -0.2) is 4.98 Å². The quantitative estimate of drug-likeness (QED) is 0.802. The number of piperidine rings is 1. The Morgan fingerprint density at radius 2 is 2.09 bits per heavy atom. The summed E-state index contributed by atoms with van der Waals surface area (Å²) in [6.45, 7) is 6.54. The molecule has 2 amide bonds. The third-order valence-electron chi connectivity index (χ3n) is 3.84. The highest BCUT2D eigenvalue weighted by Gasteiger charge is 2.24. The fraction of sp³-hybridized carbons (Fsp3) is 0.667. The third kappa shape index (κ3) is 4.30. The lowest BCUT2D eigenvalue weighted by Gasteiger charge is -2.31. The summed E-state index contributed by atoms with van der Waals surface area (Å²) in [5.74, 6) is 0.499. The molecule has 2 rings (SSSR count). The first-order valence-electron chi connectivity index (χ1n) is 7.86. The van der Waals surface area contributed by atoms with Crippen molar-refractivity contribution in [2.24, 2.45) is 0 Å². The van der Waals surface area contributed by atoms with Gasteiger partial charge in [0.05, 0.1) is 6.54 Å². The van der Waals surface area contributed by atoms with Crippen LogP contribution in [0.15, 0.2) is 10.8 Å². The zero-order valence-electron chi connectivity index (χ0n) is 13.2. The minimum absolute atomic E-state index is 0.0557. The van der Waals surface area contributed by atoms with E-state index >= 15 is 0 Å². The number of nitrogens with one attached hydrogen (secondary N) is 2. The average Bonchev–Trinajstić information content (AvgIpc) is 2.98. The number of carbonyl (C=O) groups is 2. The molecule has 1 fully saturated rings. The number of aromatic nitrogens is 1. The van der Waals surface area contributed by atoms with E-state index in [1.54, 1.807) is 0 Å². The molecule has 0 aromatic carbocycles. The van der Waals surface area contributed by atoms with E-state index in [0.717, 1.165) is 25.9 Å². The van der Waals surface area contributed by atoms with Crippen LogP contribution in [0, 0.1) is 0 Å². The number of rotatable bonds is 6. The van der Waals surface area contributed by atoms with Gasteiger partial charge in [-0.05, 0) is 19.8 Å². The summed E-state index contributed by atoms with van der Waals surface area (Å²) in [6.07, 6.45) is 3.63. The molecule has 0 spiro atoms. The third-order valence-corrected chi connectivity index (χ3v) is 3.84. The number of hydrogen-bond acceptors (Lipinski definition) is 5. The first-order valence-corrected chi connectivity index (χ1v) is 7.86. The molecule has 122 valence electrons. The van der Waals surface area contributed by atoms with Gasteiger partial charge in [0.1, 0.15) is 5.76 Å². The molecular weight excluding hydrogens is 284 g/mol. The Kier molecular flexibility index (Phi) is 5.94. The van der Waals surface area contributed by atoms with Crippen molar-refractivity contribution in [3.8, 4) is 0 Å². The van der Waals surface area contributed by atoms with E-state index in [1.807, 2.05) is 13.8 Å². The van der Waals surface area contributed by atoms with Crippen LogP contribution in [-0.2, 0) is 11.2 Å². The van der Waals surface area contributed by atoms with Crippen molar-refractivity contribution in [3.05, 3.63) is 17.8 Å². The molecule has 0 saturated carbocycles. The van der Waals surface area contributed by atoms with Gasteiger partial charge in [0, 0.05) is 32.1 Å². The molecule has 7 nitrogen and oxygen atoms in total. The zero-order chi connectivity index (χ0) is 15.9. The maximum Gasteiger partial charge on any atom is 0.273 e. The van der Waals surface area contributed by atoms with Gasteiger partial charge in [0.25, 0.3) is 5.91 Å². The fourth-order valence-corrected chi connectivity index (χ4v) is 2.65. The van der Waals surface area contributed by atoms with Crippen molar-refractivity contribution < 1.29 is 14.0 Å². The largest absolute Gasteiger partial charge is 0.448 e. The van der Waals surface area contributed by atoms with Gasteiger partial charge in [0.2, 0.25) is 5.91 Å². The van der Waals surface area contributed by atoms with Crippen molar-refractivity contribution in [1.82, 2.24) is 20.5 Å². The van der Waals surface area contributed by atoms with E-state index in [1.165, 1.54) is 6.39 Å². The molecule has 0 aliphatic carbocycles. The number of hydrogen-bond donors (Lipinski definition) is 2. The smallest absolute Gasteiger partial charge is 0.273 e. The molecule has 2 N–H and O–H groups in total. The Bertz CT molecular complexity index is 507. The number of likely N-dealkylation sites (tertiary alicyclic amines) is 1. The molecule has 22 heavy (non-hydrogen) atoms. The minimum Gasteiger partial charge on any atom is -0.448 e. The van der Waals surface area contributed by atoms with Gasteiger partial charge >= 0.3 is 0 Å². The lowest BCUT2D eigenvalue weighted by Crippen LogP contribution is -2.47. The fourth-order valence-electron chi connectivity index (χ4n) is 2.65. The van der Waals surface area contributed by atoms with Crippen molar-refractivity contribution in [2.75, 3.05) is 26.2 Å². The van der Waals surface area contributed by atoms with E-state index in [4.69, 9.17) is 4.42 Å². The molecule has 1 aliphatic heterocycles. The van der Waals surface area contributed by atoms with Crippen LogP contribution < -0.4 is 10.6 Å². The van der Waals surface area contributed by atoms with Crippen LogP contribution in [0.1, 0.15) is 42.9 Å². The van der Waals surface area contributed by atoms with Crippen LogP contribution in [-0.4, -0.2) is 53.9 Å². The highest BCUT2D eigenvalue weighted by molar-refractivity contribution is 5.93. The lowest BCUT2D eigenvalue weighted by molar-refractivity contribution is -0.122. The predicted octanol–water partition coefficient (Wildman–Crippen LogP) is 0.567. The van der Waals surface area contributed by atoms with Gasteiger partial charge in [0.15, 0.2) is 12.1 Å². The number of amides is 2. The van der Waals surface area contributed by atoms with Crippen LogP contribution in [0.5, 0.6) is 0 Å². The van der Waals surface area contributed by atoms with Crippen molar-refractivity contribution in [1.29, 1.82) is 0 Å². The van der Waals surface area contributed by atoms with Crippen LogP contribution in [0.25, 0.3) is 0 Å². The van der Waals surface area contributed by atoms with Crippen LogP contribution in [0.3, 0.4) is 0 Å². The summed E-state index contributed by atoms with van der Waals surface area (Å²) in [5.41, 5.74) is 0.382. The first-order chi connectivity index (χ1) is 10.6. The molecule has 0 bridgehead atoms. The summed E-state index contributed by atoms with van der Waals surface area (Å²) in [7, 11) is 0. The monoisotopic (exact) mass is 308 g/mol. The van der Waals surface area contributed by atoms with Gasteiger partial charge in [-0.3, -0.25) is 14.5 Å². The summed E-state index contributed by atoms with van der Waals surface area (Å²) in [6, 6.07) is 0.124. The van der Waals surface area contributed by atoms with E-state index in [9.17, 15) is 9.59 Å². The lowest BCUT2D eigenvalue weighted by atomic mass is 10.0. The Balaban J connectivity index is 1.78. The van der Waals surface area contributed by atoms with Crippen molar-refractivity contribution in [2.45, 2.75) is 39.2 Å². The Morgan fingerprint density at radius 1 is 1.36 bits per heavy atom. The number of carbonyl (C=O) groups excluding carboxylic acids is 2. The van der Waals surface area contributed by atoms with Crippen LogP contribution in [0.2, 0.25) is 0 Å². The molecule has 1 aromatic heterocycles. The molecule has 7 heteroatoms. The molecule has 2 heterocycles. The van der Waals surface area contributed by atoms with Crippen LogP contribution in [0.4, 0.5) is 0 Å². The second-order valence-corrected chi connectivity index (χ2v) is 5.46. The number of aryl methyl sites for hydroxylation is 1. The second kappa shape index (κ2) is 7.93. The van der Waals surface area contributed by atoms with Gasteiger partial charge in [-0.1, -0.05) is 6.92 Å². The summed E-state index contributed by atoms with van der Waals surface area (Å²) < 4.78 is 5.18. The molecule has 0 radical (unpaired) electrons. The molecule has 0 unspecified atom stereocenters. The highest BCUT2D eigenvalue weighted by atomic mass is 16.3. The van der Waals surface area contributed by atoms with Crippen LogP contribution >= 0.6 is 0 Å². The Morgan fingerprint density at radius 3 is 2.73 bits per heavy atom. The maximum atomic E-state index is 12.2. The van der Waals surface area contributed by atoms with Gasteiger partial charge < -0.3 is 15.1 Å². The summed E-state index contributed by atoms with van der Waals surface area (Å²) >= 11 is 0. The van der Waals surface area contributed by atoms with E-state index < -0.39 is 0 Å². The molecule has 1 saturated heterocycles. The number of oxazole rings is 1. The number of nitrogens with zero attached hydrogens (tertiary/aromatic N) is 2. The highest BCUT2D eigenvalue weighted by Crippen LogP contribution is 2.12. The van der Waals surface area contributed by atoms with Gasteiger partial charge in [-0.15, -0.1) is 0 Å². The van der Waals surface area contributed by atoms with Crippen molar-refractivity contribution in [3.63, 3.8) is 0 Å². The normalized spacial score (nSPS) is 16.5. The predicted molar refractivity (Wildman–Crippen MR) is 81.5 cm³/mol. The molecule has 1 aliphatic rings. The average molecular weight is 308 g/mol. The first kappa shape index (κ1) is 16.5. The maximum absolute atomic E-state index is 12.2. The summed E-state index contributed by atoms with van der Waals surface area (Å²) in [5, 5.41) is 5.80. The molecular formula is C15H24N4O3. The standard InChI is InChI=1S/C15H24N4O3/c1-3-12-14(17-10-22-12)15(21)18-11-5-7-19(8-6-11)9-13(20)16-4-2/h10-11H,3-9H2,1-2H3,(H,16,20)(H,18,21). The Hall–Kier alpha value is -1.89. The van der Waals surface area contributed by atoms with Gasteiger partial charge in [-0.2, -0.15) is 0 Å². The van der Waals surface area contributed by atoms with E-state index in [-0.39, 0.29) is 17.9 Å².